The van der Waals surface area contributed by atoms with E-state index in [-0.39, 0.29) is 24.0 Å². The summed E-state index contributed by atoms with van der Waals surface area (Å²) in [4.78, 5) is 26.3. The lowest BCUT2D eigenvalue weighted by atomic mass is 10.1. The van der Waals surface area contributed by atoms with Crippen molar-refractivity contribution in [2.45, 2.75) is 58.5 Å². The van der Waals surface area contributed by atoms with Gasteiger partial charge in [-0.25, -0.2) is 4.79 Å². The third kappa shape index (κ3) is 4.47. The molecule has 5 nitrogen and oxygen atoms in total. The zero-order valence-electron chi connectivity index (χ0n) is 14.5. The number of anilines is 1. The largest absolute Gasteiger partial charge is 0.339 e. The van der Waals surface area contributed by atoms with Crippen molar-refractivity contribution in [3.8, 4) is 0 Å². The Hall–Kier alpha value is -2.04. The molecular formula is C18H27N3O2. The fourth-order valence-corrected chi connectivity index (χ4v) is 2.78. The molecule has 3 amide bonds. The molecule has 0 aliphatic heterocycles. The van der Waals surface area contributed by atoms with Crippen LogP contribution < -0.4 is 10.6 Å². The van der Waals surface area contributed by atoms with Gasteiger partial charge in [0.25, 0.3) is 5.91 Å². The van der Waals surface area contributed by atoms with Crippen LogP contribution in [0.3, 0.4) is 0 Å². The van der Waals surface area contributed by atoms with Crippen LogP contribution in [0.1, 0.15) is 55.5 Å². The summed E-state index contributed by atoms with van der Waals surface area (Å²) in [7, 11) is 1.79. The number of rotatable bonds is 4. The first kappa shape index (κ1) is 17.3. The summed E-state index contributed by atoms with van der Waals surface area (Å²) in [5.74, 6) is -0.0302. The highest BCUT2D eigenvalue weighted by Gasteiger charge is 2.19. The molecule has 23 heavy (non-hydrogen) atoms. The minimum atomic E-state index is -0.198. The minimum Gasteiger partial charge on any atom is -0.339 e. The predicted octanol–water partition coefficient (Wildman–Crippen LogP) is 3.54. The molecule has 0 heterocycles. The fourth-order valence-electron chi connectivity index (χ4n) is 2.78. The highest BCUT2D eigenvalue weighted by molar-refractivity contribution is 5.98. The summed E-state index contributed by atoms with van der Waals surface area (Å²) < 4.78 is 0. The molecule has 0 atom stereocenters. The molecule has 1 aliphatic carbocycles. The van der Waals surface area contributed by atoms with Gasteiger partial charge in [0.15, 0.2) is 0 Å². The molecule has 1 aromatic carbocycles. The Balaban J connectivity index is 2.07. The van der Waals surface area contributed by atoms with Crippen molar-refractivity contribution < 1.29 is 9.59 Å². The van der Waals surface area contributed by atoms with Gasteiger partial charge in [-0.05, 0) is 51.3 Å². The first-order valence-electron chi connectivity index (χ1n) is 8.34. The lowest BCUT2D eigenvalue weighted by Gasteiger charge is -2.22. The van der Waals surface area contributed by atoms with E-state index < -0.39 is 0 Å². The first-order valence-corrected chi connectivity index (χ1v) is 8.34. The highest BCUT2D eigenvalue weighted by Crippen LogP contribution is 2.19. The second-order valence-electron chi connectivity index (χ2n) is 6.62. The number of benzene rings is 1. The number of carbonyl (C=O) groups is 2. The van der Waals surface area contributed by atoms with Gasteiger partial charge in [0.05, 0.1) is 0 Å². The van der Waals surface area contributed by atoms with Crippen LogP contribution in [0.2, 0.25) is 0 Å². The van der Waals surface area contributed by atoms with Crippen molar-refractivity contribution in [1.82, 2.24) is 10.2 Å². The monoisotopic (exact) mass is 317 g/mol. The molecule has 5 heteroatoms. The van der Waals surface area contributed by atoms with E-state index in [2.05, 4.69) is 10.6 Å². The normalized spacial score (nSPS) is 14.8. The topological polar surface area (TPSA) is 61.4 Å². The fraction of sp³-hybridized carbons (Fsp3) is 0.556. The Morgan fingerprint density at radius 2 is 1.87 bits per heavy atom. The number of amides is 3. The molecule has 2 rings (SSSR count). The smallest absolute Gasteiger partial charge is 0.319 e. The van der Waals surface area contributed by atoms with Crippen LogP contribution in [0, 0.1) is 6.92 Å². The highest BCUT2D eigenvalue weighted by atomic mass is 16.2. The SMILES string of the molecule is Cc1ccc(NC(=O)NC2CCCC2)cc1C(=O)N(C)C(C)C. The second kappa shape index (κ2) is 7.49. The standard InChI is InChI=1S/C18H27N3O2/c1-12(2)21(4)17(22)16-11-15(10-9-13(16)3)20-18(23)19-14-7-5-6-8-14/h9-12,14H,5-8H2,1-4H3,(H2,19,20,23). The molecule has 0 spiro atoms. The van der Waals surface area contributed by atoms with Gasteiger partial charge in [-0.1, -0.05) is 18.9 Å². The maximum absolute atomic E-state index is 12.5. The molecule has 0 saturated heterocycles. The summed E-state index contributed by atoms with van der Waals surface area (Å²) >= 11 is 0. The van der Waals surface area contributed by atoms with Crippen molar-refractivity contribution in [2.75, 3.05) is 12.4 Å². The molecule has 0 aromatic heterocycles. The average molecular weight is 317 g/mol. The lowest BCUT2D eigenvalue weighted by molar-refractivity contribution is 0.0754. The van der Waals surface area contributed by atoms with Gasteiger partial charge in [0, 0.05) is 30.4 Å². The third-order valence-electron chi connectivity index (χ3n) is 4.51. The van der Waals surface area contributed by atoms with Gasteiger partial charge in [-0.15, -0.1) is 0 Å². The predicted molar refractivity (Wildman–Crippen MR) is 92.8 cm³/mol. The summed E-state index contributed by atoms with van der Waals surface area (Å²) in [6, 6.07) is 5.65. The van der Waals surface area contributed by atoms with Crippen molar-refractivity contribution >= 4 is 17.6 Å². The van der Waals surface area contributed by atoms with Crippen molar-refractivity contribution in [1.29, 1.82) is 0 Å². The molecule has 2 N–H and O–H groups in total. The first-order chi connectivity index (χ1) is 10.9. The van der Waals surface area contributed by atoms with Crippen molar-refractivity contribution in [3.05, 3.63) is 29.3 Å². The van der Waals surface area contributed by atoms with Crippen LogP contribution in [-0.4, -0.2) is 36.0 Å². The number of nitrogens with one attached hydrogen (secondary N) is 2. The van der Waals surface area contributed by atoms with Gasteiger partial charge >= 0.3 is 6.03 Å². The summed E-state index contributed by atoms with van der Waals surface area (Å²) in [5.41, 5.74) is 2.18. The summed E-state index contributed by atoms with van der Waals surface area (Å²) in [6.45, 7) is 5.86. The van der Waals surface area contributed by atoms with E-state index in [9.17, 15) is 9.59 Å². The quantitative estimate of drug-likeness (QED) is 0.892. The molecule has 0 radical (unpaired) electrons. The number of nitrogens with zero attached hydrogens (tertiary/aromatic N) is 1. The second-order valence-corrected chi connectivity index (χ2v) is 6.62. The molecule has 0 unspecified atom stereocenters. The van der Waals surface area contributed by atoms with E-state index in [1.165, 1.54) is 12.8 Å². The van der Waals surface area contributed by atoms with Crippen LogP contribution in [-0.2, 0) is 0 Å². The maximum Gasteiger partial charge on any atom is 0.319 e. The van der Waals surface area contributed by atoms with E-state index in [0.717, 1.165) is 18.4 Å². The summed E-state index contributed by atoms with van der Waals surface area (Å²) in [5, 5.41) is 5.82. The molecule has 1 aliphatic rings. The Kier molecular flexibility index (Phi) is 5.64. The van der Waals surface area contributed by atoms with Gasteiger partial charge < -0.3 is 15.5 Å². The van der Waals surface area contributed by atoms with Crippen molar-refractivity contribution in [3.63, 3.8) is 0 Å². The maximum atomic E-state index is 12.5. The Morgan fingerprint density at radius 3 is 2.48 bits per heavy atom. The van der Waals surface area contributed by atoms with Crippen LogP contribution in [0.4, 0.5) is 10.5 Å². The number of aryl methyl sites for hydroxylation is 1. The van der Waals surface area contributed by atoms with Gasteiger partial charge in [0.1, 0.15) is 0 Å². The summed E-state index contributed by atoms with van der Waals surface area (Å²) in [6.07, 6.45) is 4.44. The van der Waals surface area contributed by atoms with Gasteiger partial charge in [-0.2, -0.15) is 0 Å². The number of hydrogen-bond acceptors (Lipinski definition) is 2. The number of urea groups is 1. The van der Waals surface area contributed by atoms with Crippen LogP contribution >= 0.6 is 0 Å². The van der Waals surface area contributed by atoms with Gasteiger partial charge in [0.2, 0.25) is 0 Å². The molecule has 1 saturated carbocycles. The number of carbonyl (C=O) groups excluding carboxylic acids is 2. The van der Waals surface area contributed by atoms with E-state index in [0.29, 0.717) is 11.3 Å². The zero-order chi connectivity index (χ0) is 17.0. The van der Waals surface area contributed by atoms with E-state index in [4.69, 9.17) is 0 Å². The minimum absolute atomic E-state index is 0.0302. The van der Waals surface area contributed by atoms with Crippen LogP contribution in [0.5, 0.6) is 0 Å². The van der Waals surface area contributed by atoms with Crippen molar-refractivity contribution in [2.24, 2.45) is 0 Å². The third-order valence-corrected chi connectivity index (χ3v) is 4.51. The Morgan fingerprint density at radius 1 is 1.22 bits per heavy atom. The number of hydrogen-bond donors (Lipinski definition) is 2. The lowest BCUT2D eigenvalue weighted by Crippen LogP contribution is -2.36. The average Bonchev–Trinajstić information content (AvgIpc) is 3.00. The van der Waals surface area contributed by atoms with E-state index in [1.54, 1.807) is 18.0 Å². The van der Waals surface area contributed by atoms with Crippen LogP contribution in [0.15, 0.2) is 18.2 Å². The van der Waals surface area contributed by atoms with Gasteiger partial charge in [-0.3, -0.25) is 4.79 Å². The zero-order valence-corrected chi connectivity index (χ0v) is 14.5. The molecular weight excluding hydrogens is 290 g/mol. The van der Waals surface area contributed by atoms with E-state index >= 15 is 0 Å². The molecule has 1 fully saturated rings. The van der Waals surface area contributed by atoms with E-state index in [1.807, 2.05) is 32.9 Å². The molecule has 1 aromatic rings. The molecule has 126 valence electrons. The Labute approximate surface area is 138 Å². The van der Waals surface area contributed by atoms with Crippen LogP contribution in [0.25, 0.3) is 0 Å². The Bertz CT molecular complexity index is 578. The molecule has 0 bridgehead atoms.